The maximum absolute atomic E-state index is 12.7. The number of aromatic nitrogens is 2. The maximum atomic E-state index is 12.7. The lowest BCUT2D eigenvalue weighted by Gasteiger charge is -2.23. The Morgan fingerprint density at radius 1 is 1.32 bits per heavy atom. The van der Waals surface area contributed by atoms with Crippen molar-refractivity contribution in [3.05, 3.63) is 51.9 Å². The Labute approximate surface area is 164 Å². The molecule has 8 heteroatoms. The number of morpholine rings is 1. The number of quaternary nitrogens is 1. The fourth-order valence-electron chi connectivity index (χ4n) is 3.26. The van der Waals surface area contributed by atoms with Crippen LogP contribution in [0.15, 0.2) is 35.1 Å². The minimum atomic E-state index is -0.351. The topological polar surface area (TPSA) is 86.9 Å². The third-order valence-corrected chi connectivity index (χ3v) is 4.87. The van der Waals surface area contributed by atoms with Crippen molar-refractivity contribution in [3.8, 4) is 11.4 Å². The zero-order valence-corrected chi connectivity index (χ0v) is 16.4. The Morgan fingerprint density at radius 2 is 2.07 bits per heavy atom. The molecule has 150 valence electrons. The van der Waals surface area contributed by atoms with Crippen molar-refractivity contribution in [1.29, 1.82) is 0 Å². The molecule has 0 unspecified atom stereocenters. The second kappa shape index (κ2) is 9.48. The molecule has 0 aliphatic carbocycles. The van der Waals surface area contributed by atoms with E-state index in [2.05, 4.69) is 10.4 Å². The van der Waals surface area contributed by atoms with Crippen LogP contribution < -0.4 is 20.5 Å². The van der Waals surface area contributed by atoms with Crippen LogP contribution in [0.25, 0.3) is 5.69 Å². The Morgan fingerprint density at radius 3 is 2.79 bits per heavy atom. The number of methoxy groups -OCH3 is 1. The number of rotatable bonds is 7. The molecule has 0 radical (unpaired) electrons. The molecule has 1 saturated heterocycles. The molecule has 1 aliphatic heterocycles. The molecular formula is C20H27N4O4+. The smallest absolute Gasteiger partial charge is 0.275 e. The highest BCUT2D eigenvalue weighted by Crippen LogP contribution is 2.16. The number of nitrogens with one attached hydrogen (secondary N) is 2. The average Bonchev–Trinajstić information content (AvgIpc) is 2.72. The van der Waals surface area contributed by atoms with Gasteiger partial charge in [0.05, 0.1) is 38.6 Å². The number of para-hydroxylation sites is 1. The van der Waals surface area contributed by atoms with Crippen molar-refractivity contribution in [2.75, 3.05) is 46.5 Å². The molecule has 28 heavy (non-hydrogen) atoms. The number of ether oxygens (including phenoxy) is 2. The summed E-state index contributed by atoms with van der Waals surface area (Å²) in [6.45, 7) is 7.01. The number of nitrogens with zero attached hydrogens (tertiary/aromatic N) is 2. The summed E-state index contributed by atoms with van der Waals surface area (Å²) in [7, 11) is 1.42. The van der Waals surface area contributed by atoms with Gasteiger partial charge in [0.15, 0.2) is 11.4 Å². The molecule has 3 rings (SSSR count). The standard InChI is InChI=1S/C20H26N4O4/c1-15-6-3-4-7-16(15)24-18(25)14-17(27-2)19(22-24)20(26)21-8-5-9-23-10-12-28-13-11-23/h3-4,6-7,14H,5,8-13H2,1-2H3,(H,21,26)/p+1. The minimum Gasteiger partial charge on any atom is -0.494 e. The van der Waals surface area contributed by atoms with Crippen LogP contribution in [0.3, 0.4) is 0 Å². The molecule has 0 spiro atoms. The van der Waals surface area contributed by atoms with Crippen LogP contribution in [0.1, 0.15) is 22.5 Å². The van der Waals surface area contributed by atoms with E-state index in [1.807, 2.05) is 25.1 Å². The first-order valence-corrected chi connectivity index (χ1v) is 9.54. The molecular weight excluding hydrogens is 360 g/mol. The lowest BCUT2D eigenvalue weighted by molar-refractivity contribution is -0.908. The molecule has 0 atom stereocenters. The van der Waals surface area contributed by atoms with Gasteiger partial charge in [-0.2, -0.15) is 9.78 Å². The van der Waals surface area contributed by atoms with Gasteiger partial charge < -0.3 is 19.7 Å². The quantitative estimate of drug-likeness (QED) is 0.631. The number of aryl methyl sites for hydroxylation is 1. The normalized spacial score (nSPS) is 14.6. The summed E-state index contributed by atoms with van der Waals surface area (Å²) in [4.78, 5) is 26.6. The Balaban J connectivity index is 1.71. The Kier molecular flexibility index (Phi) is 6.78. The highest BCUT2D eigenvalue weighted by atomic mass is 16.5. The molecule has 1 fully saturated rings. The second-order valence-electron chi connectivity index (χ2n) is 6.82. The predicted octanol–water partition coefficient (Wildman–Crippen LogP) is -0.415. The SMILES string of the molecule is COc1cc(=O)n(-c2ccccc2C)nc1C(=O)NCCC[NH+]1CCOCC1. The van der Waals surface area contributed by atoms with Crippen molar-refractivity contribution in [2.45, 2.75) is 13.3 Å². The molecule has 1 aliphatic rings. The van der Waals surface area contributed by atoms with Gasteiger partial charge in [0.25, 0.3) is 11.5 Å². The number of hydrogen-bond donors (Lipinski definition) is 2. The molecule has 0 bridgehead atoms. The van der Waals surface area contributed by atoms with E-state index in [1.165, 1.54) is 22.8 Å². The molecule has 2 N–H and O–H groups in total. The number of benzene rings is 1. The van der Waals surface area contributed by atoms with Crippen molar-refractivity contribution in [3.63, 3.8) is 0 Å². The summed E-state index contributed by atoms with van der Waals surface area (Å²) < 4.78 is 11.8. The van der Waals surface area contributed by atoms with Crippen LogP contribution in [-0.2, 0) is 4.74 Å². The van der Waals surface area contributed by atoms with Gasteiger partial charge in [-0.15, -0.1) is 0 Å². The number of amides is 1. The zero-order chi connectivity index (χ0) is 19.9. The van der Waals surface area contributed by atoms with E-state index in [4.69, 9.17) is 9.47 Å². The summed E-state index contributed by atoms with van der Waals surface area (Å²) in [5.41, 5.74) is 1.28. The Hall–Kier alpha value is -2.71. The van der Waals surface area contributed by atoms with Gasteiger partial charge in [-0.1, -0.05) is 18.2 Å². The highest BCUT2D eigenvalue weighted by Gasteiger charge is 2.19. The van der Waals surface area contributed by atoms with Crippen LogP contribution in [0.4, 0.5) is 0 Å². The first kappa shape index (κ1) is 20.0. The van der Waals surface area contributed by atoms with Gasteiger partial charge in [-0.3, -0.25) is 9.59 Å². The molecule has 2 aromatic rings. The number of carbonyl (C=O) groups excluding carboxylic acids is 1. The Bertz CT molecular complexity index is 875. The first-order chi connectivity index (χ1) is 13.6. The zero-order valence-electron chi connectivity index (χ0n) is 16.4. The van der Waals surface area contributed by atoms with Crippen LogP contribution in [0, 0.1) is 6.92 Å². The third-order valence-electron chi connectivity index (χ3n) is 4.87. The van der Waals surface area contributed by atoms with Crippen molar-refractivity contribution >= 4 is 5.91 Å². The van der Waals surface area contributed by atoms with Crippen LogP contribution >= 0.6 is 0 Å². The van der Waals surface area contributed by atoms with Gasteiger partial charge in [-0.25, -0.2) is 0 Å². The van der Waals surface area contributed by atoms with Gasteiger partial charge in [0.1, 0.15) is 13.1 Å². The fraction of sp³-hybridized carbons (Fsp3) is 0.450. The van der Waals surface area contributed by atoms with E-state index in [0.717, 1.165) is 44.8 Å². The van der Waals surface area contributed by atoms with E-state index in [-0.39, 0.29) is 22.9 Å². The molecule has 0 saturated carbocycles. The first-order valence-electron chi connectivity index (χ1n) is 9.54. The van der Waals surface area contributed by atoms with E-state index in [9.17, 15) is 9.59 Å². The van der Waals surface area contributed by atoms with E-state index in [1.54, 1.807) is 6.07 Å². The highest BCUT2D eigenvalue weighted by molar-refractivity contribution is 5.94. The molecule has 8 nitrogen and oxygen atoms in total. The van der Waals surface area contributed by atoms with E-state index in [0.29, 0.717) is 12.2 Å². The van der Waals surface area contributed by atoms with Gasteiger partial charge in [-0.05, 0) is 18.6 Å². The fourth-order valence-corrected chi connectivity index (χ4v) is 3.26. The lowest BCUT2D eigenvalue weighted by atomic mass is 10.2. The summed E-state index contributed by atoms with van der Waals surface area (Å²) >= 11 is 0. The number of hydrogen-bond acceptors (Lipinski definition) is 5. The van der Waals surface area contributed by atoms with Crippen molar-refractivity contribution in [2.24, 2.45) is 0 Å². The maximum Gasteiger partial charge on any atom is 0.275 e. The lowest BCUT2D eigenvalue weighted by Crippen LogP contribution is -3.14. The summed E-state index contributed by atoms with van der Waals surface area (Å²) in [5.74, 6) is -0.178. The third kappa shape index (κ3) is 4.76. The second-order valence-corrected chi connectivity index (χ2v) is 6.82. The van der Waals surface area contributed by atoms with Gasteiger partial charge >= 0.3 is 0 Å². The van der Waals surface area contributed by atoms with Crippen molar-refractivity contribution in [1.82, 2.24) is 15.1 Å². The summed E-state index contributed by atoms with van der Waals surface area (Å²) in [6, 6.07) is 8.70. The number of carbonyl (C=O) groups is 1. The molecule has 1 amide bonds. The molecule has 1 aromatic carbocycles. The van der Waals surface area contributed by atoms with E-state index >= 15 is 0 Å². The van der Waals surface area contributed by atoms with Gasteiger partial charge in [0, 0.05) is 13.0 Å². The van der Waals surface area contributed by atoms with E-state index < -0.39 is 0 Å². The molecule has 2 heterocycles. The van der Waals surface area contributed by atoms with Crippen LogP contribution in [-0.4, -0.2) is 62.2 Å². The average molecular weight is 387 g/mol. The van der Waals surface area contributed by atoms with Crippen LogP contribution in [0.2, 0.25) is 0 Å². The van der Waals surface area contributed by atoms with Gasteiger partial charge in [0.2, 0.25) is 0 Å². The van der Waals surface area contributed by atoms with Crippen LogP contribution in [0.5, 0.6) is 5.75 Å². The van der Waals surface area contributed by atoms with Crippen molar-refractivity contribution < 1.29 is 19.2 Å². The predicted molar refractivity (Wildman–Crippen MR) is 104 cm³/mol. The summed E-state index contributed by atoms with van der Waals surface area (Å²) in [5, 5.41) is 7.17. The molecule has 1 aromatic heterocycles. The summed E-state index contributed by atoms with van der Waals surface area (Å²) in [6.07, 6.45) is 0.862. The largest absolute Gasteiger partial charge is 0.494 e. The minimum absolute atomic E-state index is 0.101. The monoisotopic (exact) mass is 387 g/mol.